The van der Waals surface area contributed by atoms with Crippen molar-refractivity contribution >= 4 is 32.6 Å². The zero-order valence-corrected chi connectivity index (χ0v) is 14.4. The van der Waals surface area contributed by atoms with Gasteiger partial charge in [-0.15, -0.1) is 0 Å². The number of thiazole rings is 1. The first-order chi connectivity index (χ1) is 11.1. The molecule has 6 heteroatoms. The molecule has 0 radical (unpaired) electrons. The van der Waals surface area contributed by atoms with Crippen LogP contribution in [0.3, 0.4) is 0 Å². The molecule has 1 aromatic heterocycles. The standard InChI is InChI=1S/C17H21N3O2S/c1-11-3-4-14-15(12(11)2)18-17(23-14)20-9-13(10-20)16(21)19-5-7-22-8-6-19/h3-4,13H,5-10H2,1-2H3. The highest BCUT2D eigenvalue weighted by atomic mass is 32.1. The highest BCUT2D eigenvalue weighted by Crippen LogP contribution is 2.35. The summed E-state index contributed by atoms with van der Waals surface area (Å²) in [5.74, 6) is 0.389. The molecule has 0 bridgehead atoms. The first-order valence-corrected chi connectivity index (χ1v) is 8.93. The first kappa shape index (κ1) is 14.9. The summed E-state index contributed by atoms with van der Waals surface area (Å²) in [4.78, 5) is 21.4. The predicted octanol–water partition coefficient (Wildman–Crippen LogP) is 2.21. The van der Waals surface area contributed by atoms with E-state index in [1.807, 2.05) is 4.90 Å². The lowest BCUT2D eigenvalue weighted by atomic mass is 9.99. The fraction of sp³-hybridized carbons (Fsp3) is 0.529. The third kappa shape index (κ3) is 2.60. The van der Waals surface area contributed by atoms with Crippen molar-refractivity contribution < 1.29 is 9.53 Å². The lowest BCUT2D eigenvalue weighted by Crippen LogP contribution is -2.56. The molecular weight excluding hydrogens is 310 g/mol. The molecule has 1 amide bonds. The van der Waals surface area contributed by atoms with Crippen molar-refractivity contribution in [3.63, 3.8) is 0 Å². The van der Waals surface area contributed by atoms with E-state index < -0.39 is 0 Å². The molecule has 2 fully saturated rings. The van der Waals surface area contributed by atoms with Gasteiger partial charge in [-0.3, -0.25) is 4.79 Å². The average molecular weight is 331 g/mol. The van der Waals surface area contributed by atoms with E-state index in [2.05, 4.69) is 30.9 Å². The Hall–Kier alpha value is -1.66. The molecule has 0 N–H and O–H groups in total. The monoisotopic (exact) mass is 331 g/mol. The quantitative estimate of drug-likeness (QED) is 0.846. The normalized spacial score (nSPS) is 19.2. The van der Waals surface area contributed by atoms with E-state index in [-0.39, 0.29) is 11.8 Å². The number of aromatic nitrogens is 1. The number of fused-ring (bicyclic) bond motifs is 1. The van der Waals surface area contributed by atoms with E-state index in [1.165, 1.54) is 15.8 Å². The molecule has 1 aromatic carbocycles. The van der Waals surface area contributed by atoms with Gasteiger partial charge in [-0.1, -0.05) is 17.4 Å². The van der Waals surface area contributed by atoms with Crippen molar-refractivity contribution in [1.82, 2.24) is 9.88 Å². The van der Waals surface area contributed by atoms with E-state index in [4.69, 9.17) is 9.72 Å². The van der Waals surface area contributed by atoms with Gasteiger partial charge in [0, 0.05) is 26.2 Å². The fourth-order valence-corrected chi connectivity index (χ4v) is 4.23. The summed E-state index contributed by atoms with van der Waals surface area (Å²) in [5, 5.41) is 1.04. The number of nitrogens with zero attached hydrogens (tertiary/aromatic N) is 3. The number of carbonyl (C=O) groups excluding carboxylic acids is 1. The summed E-state index contributed by atoms with van der Waals surface area (Å²) in [7, 11) is 0. The second kappa shape index (κ2) is 5.76. The van der Waals surface area contributed by atoms with Crippen LogP contribution < -0.4 is 4.90 Å². The smallest absolute Gasteiger partial charge is 0.229 e. The minimum absolute atomic E-state index is 0.114. The maximum Gasteiger partial charge on any atom is 0.229 e. The SMILES string of the molecule is Cc1ccc2sc(N3CC(C(=O)N4CCOCC4)C3)nc2c1C. The molecular formula is C17H21N3O2S. The maximum atomic E-state index is 12.5. The van der Waals surface area contributed by atoms with E-state index in [0.29, 0.717) is 13.2 Å². The number of rotatable bonds is 2. The van der Waals surface area contributed by atoms with Crippen LogP contribution in [0.25, 0.3) is 10.2 Å². The number of anilines is 1. The number of hydrogen-bond donors (Lipinski definition) is 0. The zero-order valence-electron chi connectivity index (χ0n) is 13.5. The molecule has 0 saturated carbocycles. The topological polar surface area (TPSA) is 45.7 Å². The zero-order chi connectivity index (χ0) is 16.0. The van der Waals surface area contributed by atoms with Gasteiger partial charge in [0.1, 0.15) is 0 Å². The molecule has 5 nitrogen and oxygen atoms in total. The molecule has 0 spiro atoms. The minimum Gasteiger partial charge on any atom is -0.378 e. The van der Waals surface area contributed by atoms with Crippen LogP contribution in [0.5, 0.6) is 0 Å². The minimum atomic E-state index is 0.114. The number of carbonyl (C=O) groups is 1. The van der Waals surface area contributed by atoms with Crippen molar-refractivity contribution in [2.45, 2.75) is 13.8 Å². The third-order valence-electron chi connectivity index (χ3n) is 4.90. The van der Waals surface area contributed by atoms with Crippen LogP contribution in [0.2, 0.25) is 0 Å². The molecule has 4 rings (SSSR count). The highest BCUT2D eigenvalue weighted by Gasteiger charge is 2.37. The number of benzene rings is 1. The van der Waals surface area contributed by atoms with Crippen molar-refractivity contribution in [3.8, 4) is 0 Å². The summed E-state index contributed by atoms with van der Waals surface area (Å²) >= 11 is 1.72. The number of ether oxygens (including phenoxy) is 1. The molecule has 0 atom stereocenters. The molecule has 0 aliphatic carbocycles. The van der Waals surface area contributed by atoms with E-state index >= 15 is 0 Å². The van der Waals surface area contributed by atoms with Crippen LogP contribution in [0, 0.1) is 19.8 Å². The largest absolute Gasteiger partial charge is 0.378 e. The van der Waals surface area contributed by atoms with Crippen molar-refractivity contribution in [3.05, 3.63) is 23.3 Å². The van der Waals surface area contributed by atoms with Gasteiger partial charge in [-0.2, -0.15) is 0 Å². The molecule has 122 valence electrons. The Kier molecular flexibility index (Phi) is 3.73. The Balaban J connectivity index is 1.45. The van der Waals surface area contributed by atoms with Crippen LogP contribution in [-0.2, 0) is 9.53 Å². The third-order valence-corrected chi connectivity index (χ3v) is 5.98. The average Bonchev–Trinajstić information content (AvgIpc) is 2.95. The van der Waals surface area contributed by atoms with Crippen molar-refractivity contribution in [2.24, 2.45) is 5.92 Å². The molecule has 23 heavy (non-hydrogen) atoms. The molecule has 2 saturated heterocycles. The van der Waals surface area contributed by atoms with Gasteiger partial charge in [0.2, 0.25) is 5.91 Å². The van der Waals surface area contributed by atoms with Crippen molar-refractivity contribution in [2.75, 3.05) is 44.3 Å². The van der Waals surface area contributed by atoms with Gasteiger partial charge in [-0.05, 0) is 31.0 Å². The summed E-state index contributed by atoms with van der Waals surface area (Å²) in [6.07, 6.45) is 0. The Labute approximate surface area is 139 Å². The first-order valence-electron chi connectivity index (χ1n) is 8.11. The number of aryl methyl sites for hydroxylation is 2. The maximum absolute atomic E-state index is 12.5. The molecule has 2 aromatic rings. The van der Waals surface area contributed by atoms with Crippen LogP contribution in [-0.4, -0.2) is 55.2 Å². The summed E-state index contributed by atoms with van der Waals surface area (Å²) < 4.78 is 6.54. The lowest BCUT2D eigenvalue weighted by Gasteiger charge is -2.41. The van der Waals surface area contributed by atoms with E-state index in [9.17, 15) is 4.79 Å². The van der Waals surface area contributed by atoms with Gasteiger partial charge >= 0.3 is 0 Å². The predicted molar refractivity (Wildman–Crippen MR) is 92.2 cm³/mol. The summed E-state index contributed by atoms with van der Waals surface area (Å²) in [6, 6.07) is 4.30. The second-order valence-electron chi connectivity index (χ2n) is 6.39. The van der Waals surface area contributed by atoms with Gasteiger partial charge < -0.3 is 14.5 Å². The van der Waals surface area contributed by atoms with E-state index in [0.717, 1.165) is 36.8 Å². The molecule has 2 aliphatic rings. The Morgan fingerprint density at radius 2 is 2.00 bits per heavy atom. The van der Waals surface area contributed by atoms with Gasteiger partial charge in [0.05, 0.1) is 29.3 Å². The van der Waals surface area contributed by atoms with Gasteiger partial charge in [0.15, 0.2) is 5.13 Å². The molecule has 0 unspecified atom stereocenters. The summed E-state index contributed by atoms with van der Waals surface area (Å²) in [5.41, 5.74) is 3.64. The van der Waals surface area contributed by atoms with Crippen LogP contribution in [0.1, 0.15) is 11.1 Å². The van der Waals surface area contributed by atoms with Crippen molar-refractivity contribution in [1.29, 1.82) is 0 Å². The Bertz CT molecular complexity index is 746. The van der Waals surface area contributed by atoms with Crippen LogP contribution in [0.4, 0.5) is 5.13 Å². The number of amides is 1. The number of hydrogen-bond acceptors (Lipinski definition) is 5. The van der Waals surface area contributed by atoms with E-state index in [1.54, 1.807) is 11.3 Å². The van der Waals surface area contributed by atoms with Crippen LogP contribution >= 0.6 is 11.3 Å². The van der Waals surface area contributed by atoms with Crippen LogP contribution in [0.15, 0.2) is 12.1 Å². The summed E-state index contributed by atoms with van der Waals surface area (Å²) in [6.45, 7) is 8.61. The number of morpholine rings is 1. The van der Waals surface area contributed by atoms with Gasteiger partial charge in [-0.25, -0.2) is 4.98 Å². The Morgan fingerprint density at radius 1 is 1.26 bits per heavy atom. The fourth-order valence-electron chi connectivity index (χ4n) is 3.18. The molecule has 2 aliphatic heterocycles. The highest BCUT2D eigenvalue weighted by molar-refractivity contribution is 7.22. The Morgan fingerprint density at radius 3 is 2.74 bits per heavy atom. The second-order valence-corrected chi connectivity index (χ2v) is 7.40. The molecule has 3 heterocycles. The van der Waals surface area contributed by atoms with Gasteiger partial charge in [0.25, 0.3) is 0 Å². The lowest BCUT2D eigenvalue weighted by molar-refractivity contribution is -0.140.